The van der Waals surface area contributed by atoms with Gasteiger partial charge < -0.3 is 15.4 Å². The largest absolute Gasteiger partial charge is 0.457 e. The highest BCUT2D eigenvalue weighted by molar-refractivity contribution is 7.99. The monoisotopic (exact) mass is 490 g/mol. The maximum absolute atomic E-state index is 12.7. The molecule has 4 nitrogen and oxygen atoms in total. The van der Waals surface area contributed by atoms with E-state index in [4.69, 9.17) is 10.5 Å². The Labute approximate surface area is 207 Å². The molecule has 1 amide bonds. The summed E-state index contributed by atoms with van der Waals surface area (Å²) >= 11 is 0.519. The van der Waals surface area contributed by atoms with Gasteiger partial charge in [-0.2, -0.15) is 8.78 Å². The molecule has 0 fully saturated rings. The van der Waals surface area contributed by atoms with Crippen LogP contribution in [0.25, 0.3) is 0 Å². The fraction of sp³-hybridized carbons (Fsp3) is 0.107. The zero-order valence-corrected chi connectivity index (χ0v) is 19.6. The molecule has 0 saturated heterocycles. The zero-order chi connectivity index (χ0) is 24.6. The van der Waals surface area contributed by atoms with Crippen molar-refractivity contribution in [3.05, 3.63) is 114 Å². The van der Waals surface area contributed by atoms with E-state index in [2.05, 4.69) is 4.90 Å². The summed E-state index contributed by atoms with van der Waals surface area (Å²) in [6.07, 6.45) is 0.169. The lowest BCUT2D eigenvalue weighted by atomic mass is 10.1. The van der Waals surface area contributed by atoms with E-state index < -0.39 is 5.76 Å². The van der Waals surface area contributed by atoms with E-state index in [9.17, 15) is 13.6 Å². The van der Waals surface area contributed by atoms with Crippen LogP contribution in [-0.4, -0.2) is 11.7 Å². The van der Waals surface area contributed by atoms with Gasteiger partial charge in [0, 0.05) is 22.8 Å². The third-order valence-corrected chi connectivity index (χ3v) is 5.97. The topological polar surface area (TPSA) is 55.6 Å². The Morgan fingerprint density at radius 3 is 1.89 bits per heavy atom. The lowest BCUT2D eigenvalue weighted by Gasteiger charge is -2.26. The van der Waals surface area contributed by atoms with Crippen LogP contribution < -0.4 is 15.4 Å². The van der Waals surface area contributed by atoms with Crippen LogP contribution >= 0.6 is 11.8 Å². The maximum Gasteiger partial charge on any atom is 0.288 e. The first-order valence-electron chi connectivity index (χ1n) is 11.0. The molecule has 0 unspecified atom stereocenters. The minimum absolute atomic E-state index is 0.169. The standard InChI is InChI=1S/C28H24F2N2O2S/c29-28(30)35-26-16-12-23(13-17-26)32(22-10-6-20(7-11-22)18-27(31)33)19-21-8-14-25(15-9-21)34-24-4-2-1-3-5-24/h1-17,28H,18-19H2,(H2,31,33). The van der Waals surface area contributed by atoms with Gasteiger partial charge in [0.15, 0.2) is 0 Å². The SMILES string of the molecule is NC(=O)Cc1ccc(N(Cc2ccc(Oc3ccccc3)cc2)c2ccc(SC(F)F)cc2)cc1. The van der Waals surface area contributed by atoms with Crippen LogP contribution in [0, 0.1) is 0 Å². The Morgan fingerprint density at radius 1 is 0.771 bits per heavy atom. The van der Waals surface area contributed by atoms with Gasteiger partial charge in [0.25, 0.3) is 5.76 Å². The molecule has 0 aromatic heterocycles. The summed E-state index contributed by atoms with van der Waals surface area (Å²) < 4.78 is 31.4. The first-order chi connectivity index (χ1) is 17.0. The molecule has 0 heterocycles. The predicted octanol–water partition coefficient (Wildman–Crippen LogP) is 7.16. The van der Waals surface area contributed by atoms with Crippen LogP contribution in [0.4, 0.5) is 20.2 Å². The molecule has 0 radical (unpaired) electrons. The number of rotatable bonds is 10. The molecule has 0 aliphatic carbocycles. The number of hydrogen-bond acceptors (Lipinski definition) is 4. The second kappa shape index (κ2) is 11.5. The van der Waals surface area contributed by atoms with Crippen LogP contribution in [0.3, 0.4) is 0 Å². The van der Waals surface area contributed by atoms with Gasteiger partial charge >= 0.3 is 0 Å². The molecule has 7 heteroatoms. The van der Waals surface area contributed by atoms with Gasteiger partial charge in [-0.15, -0.1) is 0 Å². The Kier molecular flexibility index (Phi) is 8.00. The number of carbonyl (C=O) groups is 1. The molecular weight excluding hydrogens is 466 g/mol. The number of nitrogens with zero attached hydrogens (tertiary/aromatic N) is 1. The number of ether oxygens (including phenoxy) is 1. The summed E-state index contributed by atoms with van der Waals surface area (Å²) in [5, 5.41) is 0. The second-order valence-corrected chi connectivity index (χ2v) is 8.89. The van der Waals surface area contributed by atoms with Crippen molar-refractivity contribution in [1.82, 2.24) is 0 Å². The molecule has 4 rings (SSSR count). The fourth-order valence-electron chi connectivity index (χ4n) is 3.60. The Bertz CT molecular complexity index is 1230. The average molecular weight is 491 g/mol. The predicted molar refractivity (Wildman–Crippen MR) is 136 cm³/mol. The molecule has 0 aliphatic rings. The van der Waals surface area contributed by atoms with E-state index in [-0.39, 0.29) is 12.3 Å². The number of thioether (sulfide) groups is 1. The Balaban J connectivity index is 1.57. The van der Waals surface area contributed by atoms with Crippen molar-refractivity contribution in [2.45, 2.75) is 23.6 Å². The number of hydrogen-bond donors (Lipinski definition) is 1. The number of para-hydroxylation sites is 1. The third-order valence-electron chi connectivity index (χ3n) is 5.24. The highest BCUT2D eigenvalue weighted by Gasteiger charge is 2.13. The van der Waals surface area contributed by atoms with Crippen molar-refractivity contribution in [2.75, 3.05) is 4.90 Å². The molecule has 0 spiro atoms. The highest BCUT2D eigenvalue weighted by atomic mass is 32.2. The number of amides is 1. The number of primary amides is 1. The van der Waals surface area contributed by atoms with Crippen molar-refractivity contribution in [3.8, 4) is 11.5 Å². The van der Waals surface area contributed by atoms with Gasteiger partial charge in [0.1, 0.15) is 11.5 Å². The van der Waals surface area contributed by atoms with Crippen molar-refractivity contribution in [3.63, 3.8) is 0 Å². The van der Waals surface area contributed by atoms with Crippen molar-refractivity contribution >= 4 is 29.0 Å². The fourth-order valence-corrected chi connectivity index (χ4v) is 4.10. The lowest BCUT2D eigenvalue weighted by Crippen LogP contribution is -2.17. The van der Waals surface area contributed by atoms with Gasteiger partial charge in [-0.25, -0.2) is 0 Å². The van der Waals surface area contributed by atoms with E-state index in [1.54, 1.807) is 12.1 Å². The molecule has 35 heavy (non-hydrogen) atoms. The lowest BCUT2D eigenvalue weighted by molar-refractivity contribution is -0.117. The maximum atomic E-state index is 12.7. The Hall–Kier alpha value is -3.84. The number of nitrogens with two attached hydrogens (primary N) is 1. The molecule has 2 N–H and O–H groups in total. The van der Waals surface area contributed by atoms with E-state index in [0.29, 0.717) is 23.2 Å². The van der Waals surface area contributed by atoms with Crippen molar-refractivity contribution in [2.24, 2.45) is 5.73 Å². The summed E-state index contributed by atoms with van der Waals surface area (Å²) in [4.78, 5) is 13.8. The van der Waals surface area contributed by atoms with Crippen LogP contribution in [-0.2, 0) is 17.8 Å². The summed E-state index contributed by atoms with van der Waals surface area (Å²) in [5.74, 6) is -1.36. The zero-order valence-electron chi connectivity index (χ0n) is 18.8. The van der Waals surface area contributed by atoms with Crippen LogP contribution in [0.2, 0.25) is 0 Å². The Morgan fingerprint density at radius 2 is 1.31 bits per heavy atom. The first kappa shape index (κ1) is 24.3. The normalized spacial score (nSPS) is 10.8. The average Bonchev–Trinajstić information content (AvgIpc) is 2.85. The highest BCUT2D eigenvalue weighted by Crippen LogP contribution is 2.32. The summed E-state index contributed by atoms with van der Waals surface area (Å²) in [5.41, 5.74) is 8.93. The van der Waals surface area contributed by atoms with Gasteiger partial charge in [0.2, 0.25) is 5.91 Å². The summed E-state index contributed by atoms with van der Waals surface area (Å²) in [6.45, 7) is 0.544. The molecule has 4 aromatic carbocycles. The van der Waals surface area contributed by atoms with E-state index >= 15 is 0 Å². The second-order valence-electron chi connectivity index (χ2n) is 7.83. The van der Waals surface area contributed by atoms with Gasteiger partial charge in [-0.1, -0.05) is 54.2 Å². The smallest absolute Gasteiger partial charge is 0.288 e. The molecule has 4 aromatic rings. The van der Waals surface area contributed by atoms with Gasteiger partial charge in [-0.3, -0.25) is 4.79 Å². The first-order valence-corrected chi connectivity index (χ1v) is 11.9. The summed E-state index contributed by atoms with van der Waals surface area (Å²) in [6, 6.07) is 32.0. The molecule has 0 saturated carbocycles. The quantitative estimate of drug-likeness (QED) is 0.240. The minimum Gasteiger partial charge on any atom is -0.457 e. The van der Waals surface area contributed by atoms with Gasteiger partial charge in [-0.05, 0) is 71.8 Å². The van der Waals surface area contributed by atoms with Crippen LogP contribution in [0.1, 0.15) is 11.1 Å². The molecule has 178 valence electrons. The van der Waals surface area contributed by atoms with Gasteiger partial charge in [0.05, 0.1) is 6.42 Å². The van der Waals surface area contributed by atoms with Crippen LogP contribution in [0.5, 0.6) is 11.5 Å². The van der Waals surface area contributed by atoms with E-state index in [1.807, 2.05) is 91.0 Å². The third kappa shape index (κ3) is 7.07. The van der Waals surface area contributed by atoms with Crippen LogP contribution in [0.15, 0.2) is 108 Å². The number of benzene rings is 4. The number of alkyl halides is 2. The number of halogens is 2. The minimum atomic E-state index is -2.47. The molecular formula is C28H24F2N2O2S. The molecule has 0 aliphatic heterocycles. The van der Waals surface area contributed by atoms with E-state index in [1.165, 1.54) is 0 Å². The van der Waals surface area contributed by atoms with E-state index in [0.717, 1.165) is 34.0 Å². The number of carbonyl (C=O) groups excluding carboxylic acids is 1. The van der Waals surface area contributed by atoms with Crippen molar-refractivity contribution in [1.29, 1.82) is 0 Å². The molecule has 0 bridgehead atoms. The van der Waals surface area contributed by atoms with Crippen molar-refractivity contribution < 1.29 is 18.3 Å². The summed E-state index contributed by atoms with van der Waals surface area (Å²) in [7, 11) is 0. The number of anilines is 2. The molecule has 0 atom stereocenters.